The van der Waals surface area contributed by atoms with E-state index < -0.39 is 17.6 Å². The number of hydrogen-bond acceptors (Lipinski definition) is 1. The number of anilines is 1. The molecule has 1 N–H and O–H groups in total. The van der Waals surface area contributed by atoms with Gasteiger partial charge in [-0.25, -0.2) is 4.39 Å². The van der Waals surface area contributed by atoms with Crippen molar-refractivity contribution < 1.29 is 17.6 Å². The van der Waals surface area contributed by atoms with Gasteiger partial charge in [-0.3, -0.25) is 0 Å². The van der Waals surface area contributed by atoms with Crippen LogP contribution in [-0.2, 0) is 6.18 Å². The number of nitrogens with one attached hydrogen (secondary N) is 1. The molecule has 0 saturated carbocycles. The van der Waals surface area contributed by atoms with E-state index in [0.29, 0.717) is 12.6 Å². The molecular formula is C9H8ClF4N. The Labute approximate surface area is 89.0 Å². The van der Waals surface area contributed by atoms with Gasteiger partial charge in [0.1, 0.15) is 5.82 Å². The summed E-state index contributed by atoms with van der Waals surface area (Å²) in [5, 5.41) is 2.57. The van der Waals surface area contributed by atoms with Crippen molar-refractivity contribution in [1.29, 1.82) is 0 Å². The highest BCUT2D eigenvalue weighted by molar-refractivity contribution is 6.18. The molecule has 0 aliphatic carbocycles. The summed E-state index contributed by atoms with van der Waals surface area (Å²) in [6, 6.07) is 2.32. The molecule has 0 fully saturated rings. The van der Waals surface area contributed by atoms with Crippen molar-refractivity contribution in [3.63, 3.8) is 0 Å². The Hall–Kier alpha value is -0.970. The van der Waals surface area contributed by atoms with E-state index in [1.165, 1.54) is 0 Å². The Kier molecular flexibility index (Phi) is 3.79. The molecule has 84 valence electrons. The van der Waals surface area contributed by atoms with Crippen molar-refractivity contribution in [2.75, 3.05) is 17.7 Å². The number of halogens is 5. The summed E-state index contributed by atoms with van der Waals surface area (Å²) in [4.78, 5) is 0. The zero-order valence-corrected chi connectivity index (χ0v) is 8.29. The van der Waals surface area contributed by atoms with Crippen LogP contribution in [0.5, 0.6) is 0 Å². The van der Waals surface area contributed by atoms with E-state index in [9.17, 15) is 17.6 Å². The summed E-state index contributed by atoms with van der Waals surface area (Å²) in [5.41, 5.74) is -0.986. The molecule has 0 radical (unpaired) electrons. The number of rotatable bonds is 3. The van der Waals surface area contributed by atoms with E-state index in [4.69, 9.17) is 11.6 Å². The normalized spacial score (nSPS) is 11.5. The van der Waals surface area contributed by atoms with Crippen LogP contribution in [0.1, 0.15) is 5.56 Å². The second-order valence-electron chi connectivity index (χ2n) is 2.81. The molecule has 1 aromatic rings. The lowest BCUT2D eigenvalue weighted by molar-refractivity contribution is -0.137. The average molecular weight is 242 g/mol. The smallest absolute Gasteiger partial charge is 0.381 e. The van der Waals surface area contributed by atoms with Crippen LogP contribution in [0.25, 0.3) is 0 Å². The van der Waals surface area contributed by atoms with Crippen molar-refractivity contribution in [1.82, 2.24) is 0 Å². The van der Waals surface area contributed by atoms with Gasteiger partial charge in [0.25, 0.3) is 0 Å². The van der Waals surface area contributed by atoms with Crippen molar-refractivity contribution in [3.05, 3.63) is 29.6 Å². The van der Waals surface area contributed by atoms with Gasteiger partial charge in [0, 0.05) is 12.4 Å². The molecule has 0 spiro atoms. The van der Waals surface area contributed by atoms with Gasteiger partial charge < -0.3 is 5.32 Å². The number of hydrogen-bond donors (Lipinski definition) is 1. The van der Waals surface area contributed by atoms with Crippen LogP contribution in [0.2, 0.25) is 0 Å². The zero-order valence-electron chi connectivity index (χ0n) is 7.54. The van der Waals surface area contributed by atoms with Crippen LogP contribution in [0.15, 0.2) is 18.2 Å². The molecule has 1 rings (SSSR count). The predicted octanol–water partition coefficient (Wildman–Crippen LogP) is 3.50. The van der Waals surface area contributed by atoms with Crippen LogP contribution >= 0.6 is 11.6 Å². The molecule has 0 unspecified atom stereocenters. The Morgan fingerprint density at radius 1 is 1.27 bits per heavy atom. The van der Waals surface area contributed by atoms with Crippen molar-refractivity contribution in [2.45, 2.75) is 6.18 Å². The molecule has 0 amide bonds. The maximum atomic E-state index is 13.1. The molecule has 0 atom stereocenters. The van der Waals surface area contributed by atoms with Gasteiger partial charge in [-0.2, -0.15) is 13.2 Å². The van der Waals surface area contributed by atoms with Crippen LogP contribution in [-0.4, -0.2) is 12.4 Å². The van der Waals surface area contributed by atoms with Gasteiger partial charge in [-0.15, -0.1) is 11.6 Å². The zero-order chi connectivity index (χ0) is 11.5. The van der Waals surface area contributed by atoms with Crippen molar-refractivity contribution in [3.8, 4) is 0 Å². The molecule has 0 saturated heterocycles. The predicted molar refractivity (Wildman–Crippen MR) is 50.6 cm³/mol. The largest absolute Gasteiger partial charge is 0.416 e. The maximum Gasteiger partial charge on any atom is 0.416 e. The Bertz CT molecular complexity index is 337. The van der Waals surface area contributed by atoms with Crippen molar-refractivity contribution >= 4 is 17.3 Å². The van der Waals surface area contributed by atoms with Crippen LogP contribution in [0, 0.1) is 5.82 Å². The Morgan fingerprint density at radius 2 is 1.93 bits per heavy atom. The topological polar surface area (TPSA) is 12.0 Å². The molecular weight excluding hydrogens is 234 g/mol. The molecule has 0 aliphatic rings. The molecule has 0 bridgehead atoms. The first-order chi connectivity index (χ1) is 6.95. The van der Waals surface area contributed by atoms with E-state index in [-0.39, 0.29) is 11.6 Å². The van der Waals surface area contributed by atoms with E-state index in [0.717, 1.165) is 12.1 Å². The fourth-order valence-corrected chi connectivity index (χ4v) is 1.11. The maximum absolute atomic E-state index is 13.1. The first kappa shape index (κ1) is 12.1. The van der Waals surface area contributed by atoms with Gasteiger partial charge in [-0.05, 0) is 18.2 Å². The lowest BCUT2D eigenvalue weighted by Crippen LogP contribution is -2.08. The lowest BCUT2D eigenvalue weighted by atomic mass is 10.2. The summed E-state index contributed by atoms with van der Waals surface area (Å²) in [6.45, 7) is 0.295. The molecule has 1 aromatic carbocycles. The highest BCUT2D eigenvalue weighted by Gasteiger charge is 2.31. The fraction of sp³-hybridized carbons (Fsp3) is 0.333. The SMILES string of the molecule is Fc1cc(C(F)(F)F)ccc1NCCCl. The molecule has 0 aliphatic heterocycles. The molecule has 15 heavy (non-hydrogen) atoms. The minimum absolute atomic E-state index is 0.0173. The summed E-state index contributed by atoms with van der Waals surface area (Å²) in [5.74, 6) is -0.685. The Morgan fingerprint density at radius 3 is 2.40 bits per heavy atom. The summed E-state index contributed by atoms with van der Waals surface area (Å²) in [6.07, 6.45) is -4.52. The molecule has 0 heterocycles. The van der Waals surface area contributed by atoms with Gasteiger partial charge in [0.15, 0.2) is 0 Å². The monoisotopic (exact) mass is 241 g/mol. The first-order valence-corrected chi connectivity index (χ1v) is 4.65. The van der Waals surface area contributed by atoms with Gasteiger partial charge in [0.2, 0.25) is 0 Å². The van der Waals surface area contributed by atoms with Gasteiger partial charge >= 0.3 is 6.18 Å². The lowest BCUT2D eigenvalue weighted by Gasteiger charge is -2.09. The second kappa shape index (κ2) is 4.70. The highest BCUT2D eigenvalue weighted by atomic mass is 35.5. The van der Waals surface area contributed by atoms with Gasteiger partial charge in [0.05, 0.1) is 11.3 Å². The average Bonchev–Trinajstić information content (AvgIpc) is 2.14. The van der Waals surface area contributed by atoms with Gasteiger partial charge in [-0.1, -0.05) is 0 Å². The highest BCUT2D eigenvalue weighted by Crippen LogP contribution is 2.31. The third kappa shape index (κ3) is 3.27. The van der Waals surface area contributed by atoms with E-state index in [2.05, 4.69) is 5.32 Å². The van der Waals surface area contributed by atoms with E-state index >= 15 is 0 Å². The Balaban J connectivity index is 2.88. The van der Waals surface area contributed by atoms with Crippen LogP contribution in [0.3, 0.4) is 0 Å². The summed E-state index contributed by atoms with van der Waals surface area (Å²) >= 11 is 5.34. The number of benzene rings is 1. The second-order valence-corrected chi connectivity index (χ2v) is 3.19. The van der Waals surface area contributed by atoms with Crippen LogP contribution < -0.4 is 5.32 Å². The van der Waals surface area contributed by atoms with Crippen molar-refractivity contribution in [2.24, 2.45) is 0 Å². The van der Waals surface area contributed by atoms with E-state index in [1.54, 1.807) is 0 Å². The fourth-order valence-electron chi connectivity index (χ4n) is 1.02. The summed E-state index contributed by atoms with van der Waals surface area (Å²) in [7, 11) is 0. The standard InChI is InChI=1S/C9H8ClF4N/c10-3-4-15-8-2-1-6(5-7(8)11)9(12,13)14/h1-2,5,15H,3-4H2. The minimum atomic E-state index is -4.52. The summed E-state index contributed by atoms with van der Waals surface area (Å²) < 4.78 is 49.5. The molecule has 0 aromatic heterocycles. The third-order valence-electron chi connectivity index (χ3n) is 1.71. The first-order valence-electron chi connectivity index (χ1n) is 4.11. The minimum Gasteiger partial charge on any atom is -0.381 e. The quantitative estimate of drug-likeness (QED) is 0.631. The third-order valence-corrected chi connectivity index (χ3v) is 1.90. The van der Waals surface area contributed by atoms with Crippen LogP contribution in [0.4, 0.5) is 23.2 Å². The number of alkyl halides is 4. The van der Waals surface area contributed by atoms with E-state index in [1.807, 2.05) is 0 Å². The molecule has 6 heteroatoms. The molecule has 1 nitrogen and oxygen atoms in total.